The molecule has 0 unspecified atom stereocenters. The largest absolute Gasteiger partial charge is 0.480 e. The van der Waals surface area contributed by atoms with E-state index in [1.54, 1.807) is 20.4 Å². The Morgan fingerprint density at radius 2 is 1.77 bits per heavy atom. The average molecular weight is 184 g/mol. The molecule has 0 amide bonds. The first kappa shape index (κ1) is 9.88. The zero-order valence-corrected chi connectivity index (χ0v) is 7.85. The van der Waals surface area contributed by atoms with Gasteiger partial charge in [-0.05, 0) is 0 Å². The van der Waals surface area contributed by atoms with Crippen LogP contribution in [0.2, 0.25) is 0 Å². The maximum absolute atomic E-state index is 4.99. The molecule has 0 radical (unpaired) electrons. The van der Waals surface area contributed by atoms with Gasteiger partial charge in [-0.25, -0.2) is 9.97 Å². The molecule has 13 heavy (non-hydrogen) atoms. The Morgan fingerprint density at radius 3 is 2.15 bits per heavy atom. The zero-order chi connectivity index (χ0) is 9.68. The molecule has 0 saturated heterocycles. The molecule has 0 spiro atoms. The lowest BCUT2D eigenvalue weighted by atomic mass is 10.4. The molecular formula is C8H12N2O3. The third-order valence-corrected chi connectivity index (χ3v) is 1.53. The van der Waals surface area contributed by atoms with E-state index in [1.165, 1.54) is 13.3 Å². The Bertz CT molecular complexity index is 246. The van der Waals surface area contributed by atoms with E-state index in [0.29, 0.717) is 11.6 Å². The van der Waals surface area contributed by atoms with Crippen LogP contribution in [0.4, 0.5) is 0 Å². The van der Waals surface area contributed by atoms with E-state index in [0.717, 1.165) is 0 Å². The van der Waals surface area contributed by atoms with Gasteiger partial charge in [-0.2, -0.15) is 0 Å². The number of aromatic nitrogens is 2. The van der Waals surface area contributed by atoms with Crippen LogP contribution < -0.4 is 4.74 Å². The predicted octanol–water partition coefficient (Wildman–Crippen LogP) is 0.777. The van der Waals surface area contributed by atoms with E-state index in [-0.39, 0.29) is 0 Å². The van der Waals surface area contributed by atoms with Gasteiger partial charge in [0.25, 0.3) is 0 Å². The lowest BCUT2D eigenvalue weighted by molar-refractivity contribution is -0.108. The molecule has 0 saturated carbocycles. The Labute approximate surface area is 76.7 Å². The minimum absolute atomic E-state index is 0.467. The fourth-order valence-corrected chi connectivity index (χ4v) is 0.891. The Hall–Kier alpha value is -1.20. The maximum atomic E-state index is 4.99. The van der Waals surface area contributed by atoms with Crippen molar-refractivity contribution in [2.45, 2.75) is 6.29 Å². The van der Waals surface area contributed by atoms with Gasteiger partial charge in [-0.3, -0.25) is 0 Å². The van der Waals surface area contributed by atoms with Crippen molar-refractivity contribution < 1.29 is 14.2 Å². The number of hydrogen-bond donors (Lipinski definition) is 0. The van der Waals surface area contributed by atoms with Gasteiger partial charge in [0.1, 0.15) is 5.69 Å². The Kier molecular flexibility index (Phi) is 3.60. The quantitative estimate of drug-likeness (QED) is 0.647. The monoisotopic (exact) mass is 184 g/mol. The number of methoxy groups -OCH3 is 3. The number of nitrogens with zero attached hydrogens (tertiary/aromatic N) is 2. The fourth-order valence-electron chi connectivity index (χ4n) is 0.891. The molecule has 0 aliphatic heterocycles. The highest BCUT2D eigenvalue weighted by molar-refractivity contribution is 5.07. The van der Waals surface area contributed by atoms with Crippen molar-refractivity contribution in [3.05, 3.63) is 18.1 Å². The summed E-state index contributed by atoms with van der Waals surface area (Å²) < 4.78 is 14.8. The second-order valence-corrected chi connectivity index (χ2v) is 2.29. The van der Waals surface area contributed by atoms with Crippen molar-refractivity contribution in [1.82, 2.24) is 9.97 Å². The van der Waals surface area contributed by atoms with E-state index in [9.17, 15) is 0 Å². The standard InChI is InChI=1S/C8H12N2O3/c1-11-7-5-9-6(4-10-7)8(12-2)13-3/h4-5,8H,1-3H3. The van der Waals surface area contributed by atoms with Crippen LogP contribution in [0.1, 0.15) is 12.0 Å². The average Bonchev–Trinajstić information content (AvgIpc) is 2.21. The molecule has 1 rings (SSSR count). The summed E-state index contributed by atoms with van der Waals surface area (Å²) in [4.78, 5) is 8.02. The van der Waals surface area contributed by atoms with Crippen LogP contribution in [0.5, 0.6) is 5.88 Å². The summed E-state index contributed by atoms with van der Waals surface area (Å²) in [5.41, 5.74) is 0.616. The SMILES string of the molecule is COc1cnc(C(OC)OC)cn1. The molecule has 0 aliphatic carbocycles. The maximum Gasteiger partial charge on any atom is 0.231 e. The highest BCUT2D eigenvalue weighted by atomic mass is 16.7. The molecule has 1 heterocycles. The van der Waals surface area contributed by atoms with Gasteiger partial charge >= 0.3 is 0 Å². The molecule has 1 aromatic heterocycles. The molecule has 1 aromatic rings. The number of hydrogen-bond acceptors (Lipinski definition) is 5. The van der Waals surface area contributed by atoms with E-state index < -0.39 is 6.29 Å². The lowest BCUT2D eigenvalue weighted by Gasteiger charge is -2.11. The first-order valence-corrected chi connectivity index (χ1v) is 3.73. The van der Waals surface area contributed by atoms with Crippen LogP contribution in [0.3, 0.4) is 0 Å². The van der Waals surface area contributed by atoms with Gasteiger partial charge in [-0.15, -0.1) is 0 Å². The molecule has 72 valence electrons. The second kappa shape index (κ2) is 4.74. The molecule has 0 N–H and O–H groups in total. The molecule has 0 bridgehead atoms. The van der Waals surface area contributed by atoms with Crippen molar-refractivity contribution >= 4 is 0 Å². The molecule has 0 aromatic carbocycles. The third-order valence-electron chi connectivity index (χ3n) is 1.53. The topological polar surface area (TPSA) is 53.5 Å². The van der Waals surface area contributed by atoms with Crippen LogP contribution in [0.15, 0.2) is 12.4 Å². The lowest BCUT2D eigenvalue weighted by Crippen LogP contribution is -2.06. The fraction of sp³-hybridized carbons (Fsp3) is 0.500. The van der Waals surface area contributed by atoms with Gasteiger partial charge in [0.2, 0.25) is 12.2 Å². The van der Waals surface area contributed by atoms with Crippen molar-refractivity contribution in [2.75, 3.05) is 21.3 Å². The highest BCUT2D eigenvalue weighted by Gasteiger charge is 2.10. The molecule has 0 atom stereocenters. The first-order valence-electron chi connectivity index (χ1n) is 3.73. The first-order chi connectivity index (χ1) is 6.31. The van der Waals surface area contributed by atoms with Crippen LogP contribution in [-0.2, 0) is 9.47 Å². The normalized spacial score (nSPS) is 10.5. The molecular weight excluding hydrogens is 172 g/mol. The molecule has 0 aliphatic rings. The Balaban J connectivity index is 2.78. The summed E-state index contributed by atoms with van der Waals surface area (Å²) in [6.07, 6.45) is 2.59. The van der Waals surface area contributed by atoms with Gasteiger partial charge in [-0.1, -0.05) is 0 Å². The smallest absolute Gasteiger partial charge is 0.231 e. The van der Waals surface area contributed by atoms with Crippen LogP contribution in [0.25, 0.3) is 0 Å². The van der Waals surface area contributed by atoms with E-state index >= 15 is 0 Å². The molecule has 5 nitrogen and oxygen atoms in total. The van der Waals surface area contributed by atoms with Crippen LogP contribution >= 0.6 is 0 Å². The summed E-state index contributed by atoms with van der Waals surface area (Å²) in [5.74, 6) is 0.467. The van der Waals surface area contributed by atoms with Crippen molar-refractivity contribution in [2.24, 2.45) is 0 Å². The van der Waals surface area contributed by atoms with Crippen molar-refractivity contribution in [3.63, 3.8) is 0 Å². The number of ether oxygens (including phenoxy) is 3. The minimum Gasteiger partial charge on any atom is -0.480 e. The predicted molar refractivity (Wildman–Crippen MR) is 45.3 cm³/mol. The van der Waals surface area contributed by atoms with Gasteiger partial charge in [0.15, 0.2) is 0 Å². The molecule has 0 fully saturated rings. The van der Waals surface area contributed by atoms with Gasteiger partial charge in [0.05, 0.1) is 19.5 Å². The van der Waals surface area contributed by atoms with Gasteiger partial charge < -0.3 is 14.2 Å². The Morgan fingerprint density at radius 1 is 1.08 bits per heavy atom. The van der Waals surface area contributed by atoms with Crippen molar-refractivity contribution in [3.8, 4) is 5.88 Å². The summed E-state index contributed by atoms with van der Waals surface area (Å²) in [7, 11) is 4.62. The van der Waals surface area contributed by atoms with E-state index in [4.69, 9.17) is 14.2 Å². The number of rotatable bonds is 4. The molecule has 5 heteroatoms. The van der Waals surface area contributed by atoms with Crippen LogP contribution in [-0.4, -0.2) is 31.3 Å². The van der Waals surface area contributed by atoms with Gasteiger partial charge in [0, 0.05) is 14.2 Å². The van der Waals surface area contributed by atoms with Crippen LogP contribution in [0, 0.1) is 0 Å². The van der Waals surface area contributed by atoms with E-state index in [2.05, 4.69) is 9.97 Å². The minimum atomic E-state index is -0.474. The summed E-state index contributed by atoms with van der Waals surface area (Å²) in [6.45, 7) is 0. The summed E-state index contributed by atoms with van der Waals surface area (Å²) in [6, 6.07) is 0. The highest BCUT2D eigenvalue weighted by Crippen LogP contribution is 2.14. The summed E-state index contributed by atoms with van der Waals surface area (Å²) in [5, 5.41) is 0. The summed E-state index contributed by atoms with van der Waals surface area (Å²) >= 11 is 0. The second-order valence-electron chi connectivity index (χ2n) is 2.29. The third kappa shape index (κ3) is 2.37. The van der Waals surface area contributed by atoms with E-state index in [1.807, 2.05) is 0 Å². The van der Waals surface area contributed by atoms with Crippen molar-refractivity contribution in [1.29, 1.82) is 0 Å². The zero-order valence-electron chi connectivity index (χ0n) is 7.85.